The van der Waals surface area contributed by atoms with Gasteiger partial charge in [0.2, 0.25) is 0 Å². The second-order valence-electron chi connectivity index (χ2n) is 10.1. The molecule has 0 saturated heterocycles. The lowest BCUT2D eigenvalue weighted by molar-refractivity contribution is 0.206. The van der Waals surface area contributed by atoms with E-state index < -0.39 is 0 Å². The van der Waals surface area contributed by atoms with E-state index in [1.165, 1.54) is 4.68 Å². The zero-order valence-corrected chi connectivity index (χ0v) is 27.6. The van der Waals surface area contributed by atoms with Crippen LogP contribution >= 0.6 is 31.9 Å². The van der Waals surface area contributed by atoms with Crippen LogP contribution in [-0.4, -0.2) is 35.7 Å². The van der Waals surface area contributed by atoms with Crippen molar-refractivity contribution in [2.24, 2.45) is 5.10 Å². The van der Waals surface area contributed by atoms with Crippen LogP contribution in [0.2, 0.25) is 0 Å². The van der Waals surface area contributed by atoms with Gasteiger partial charge in [0.25, 0.3) is 5.56 Å². The monoisotopic (exact) mass is 683 g/mol. The van der Waals surface area contributed by atoms with E-state index in [1.54, 1.807) is 19.4 Å². The predicted octanol–water partition coefficient (Wildman–Crippen LogP) is 8.49. The molecule has 0 N–H and O–H groups in total. The third kappa shape index (κ3) is 6.36. The number of ether oxygens (including phenoxy) is 3. The summed E-state index contributed by atoms with van der Waals surface area (Å²) < 4.78 is 20.5. The van der Waals surface area contributed by atoms with Crippen LogP contribution in [0.3, 0.4) is 0 Å². The standard InChI is InChI=1S/C32H35Br2N3O4/c1-8-20(6)41-30-27(39-7)15-21(28(33)29(30)34)17-35-37-31(36-25-13-11-10-12-22(25)32(37)38)24-16-23(18(3)4)26(40-9-2)14-19(24)5/h10-18,20H,8-9H2,1-7H3/t20-/m1/s1. The van der Waals surface area contributed by atoms with Gasteiger partial charge in [0.05, 0.1) is 41.4 Å². The van der Waals surface area contributed by atoms with E-state index >= 15 is 0 Å². The van der Waals surface area contributed by atoms with Gasteiger partial charge in [0.1, 0.15) is 5.75 Å². The highest BCUT2D eigenvalue weighted by Crippen LogP contribution is 2.43. The van der Waals surface area contributed by atoms with Crippen LogP contribution in [0.4, 0.5) is 0 Å². The number of hydrogen-bond donors (Lipinski definition) is 0. The Kier molecular flexibility index (Phi) is 9.92. The van der Waals surface area contributed by atoms with Gasteiger partial charge in [0, 0.05) is 15.6 Å². The number of aryl methyl sites for hydroxylation is 1. The van der Waals surface area contributed by atoms with Crippen molar-refractivity contribution in [3.8, 4) is 28.6 Å². The highest BCUT2D eigenvalue weighted by molar-refractivity contribution is 9.13. The molecule has 0 aliphatic heterocycles. The van der Waals surface area contributed by atoms with Gasteiger partial charge in [-0.2, -0.15) is 9.78 Å². The molecule has 0 spiro atoms. The summed E-state index contributed by atoms with van der Waals surface area (Å²) in [5.74, 6) is 2.64. The minimum Gasteiger partial charge on any atom is -0.494 e. The molecule has 7 nitrogen and oxygen atoms in total. The van der Waals surface area contributed by atoms with Gasteiger partial charge < -0.3 is 14.2 Å². The number of hydrogen-bond acceptors (Lipinski definition) is 6. The van der Waals surface area contributed by atoms with Crippen molar-refractivity contribution in [1.82, 2.24) is 9.66 Å². The number of nitrogens with zero attached hydrogens (tertiary/aromatic N) is 3. The quantitative estimate of drug-likeness (QED) is 0.157. The molecule has 0 aliphatic carbocycles. The molecule has 0 bridgehead atoms. The molecule has 3 aromatic carbocycles. The zero-order chi connectivity index (χ0) is 29.8. The highest BCUT2D eigenvalue weighted by atomic mass is 79.9. The second kappa shape index (κ2) is 13.2. The number of fused-ring (bicyclic) bond motifs is 1. The first-order chi connectivity index (χ1) is 19.6. The van der Waals surface area contributed by atoms with E-state index in [2.05, 4.69) is 58.7 Å². The lowest BCUT2D eigenvalue weighted by atomic mass is 9.96. The summed E-state index contributed by atoms with van der Waals surface area (Å²) in [6, 6.07) is 13.2. The molecular weight excluding hydrogens is 650 g/mol. The van der Waals surface area contributed by atoms with E-state index in [4.69, 9.17) is 24.3 Å². The van der Waals surface area contributed by atoms with Crippen LogP contribution in [0.1, 0.15) is 63.6 Å². The summed E-state index contributed by atoms with van der Waals surface area (Å²) in [6.45, 7) is 12.8. The van der Waals surface area contributed by atoms with Crippen molar-refractivity contribution in [1.29, 1.82) is 0 Å². The Balaban J connectivity index is 1.94. The molecule has 0 aliphatic rings. The minimum absolute atomic E-state index is 0.00418. The lowest BCUT2D eigenvalue weighted by Gasteiger charge is -2.19. The van der Waals surface area contributed by atoms with E-state index in [9.17, 15) is 4.79 Å². The Morgan fingerprint density at radius 1 is 1.05 bits per heavy atom. The SMILES string of the molecule is CCOc1cc(C)c(-c2nc3ccccc3c(=O)n2N=Cc2cc(OC)c(O[C@H](C)CC)c(Br)c2Br)cc1C(C)C. The van der Waals surface area contributed by atoms with E-state index in [-0.39, 0.29) is 17.6 Å². The van der Waals surface area contributed by atoms with Gasteiger partial charge in [0.15, 0.2) is 17.3 Å². The van der Waals surface area contributed by atoms with Gasteiger partial charge >= 0.3 is 0 Å². The second-order valence-corrected chi connectivity index (χ2v) is 11.7. The summed E-state index contributed by atoms with van der Waals surface area (Å²) in [5.41, 5.74) is 3.82. The number of aromatic nitrogens is 2. The van der Waals surface area contributed by atoms with Crippen LogP contribution in [0, 0.1) is 6.92 Å². The first-order valence-electron chi connectivity index (χ1n) is 13.7. The first kappa shape index (κ1) is 30.8. The normalized spacial score (nSPS) is 12.3. The van der Waals surface area contributed by atoms with Crippen molar-refractivity contribution >= 4 is 49.0 Å². The van der Waals surface area contributed by atoms with Crippen molar-refractivity contribution in [3.05, 3.63) is 78.5 Å². The van der Waals surface area contributed by atoms with Crippen LogP contribution in [0.5, 0.6) is 17.2 Å². The maximum absolute atomic E-state index is 13.8. The summed E-state index contributed by atoms with van der Waals surface area (Å²) in [7, 11) is 1.59. The average Bonchev–Trinajstić information content (AvgIpc) is 2.95. The highest BCUT2D eigenvalue weighted by Gasteiger charge is 2.20. The summed E-state index contributed by atoms with van der Waals surface area (Å²) in [4.78, 5) is 18.8. The average molecular weight is 685 g/mol. The van der Waals surface area contributed by atoms with Crippen LogP contribution in [-0.2, 0) is 0 Å². The van der Waals surface area contributed by atoms with Crippen molar-refractivity contribution in [3.63, 3.8) is 0 Å². The van der Waals surface area contributed by atoms with Crippen molar-refractivity contribution < 1.29 is 14.2 Å². The van der Waals surface area contributed by atoms with Gasteiger partial charge in [-0.05, 0) is 106 Å². The fourth-order valence-corrected chi connectivity index (χ4v) is 5.36. The molecule has 216 valence electrons. The van der Waals surface area contributed by atoms with Crippen LogP contribution < -0.4 is 19.8 Å². The van der Waals surface area contributed by atoms with Gasteiger partial charge in [-0.25, -0.2) is 4.98 Å². The van der Waals surface area contributed by atoms with Crippen molar-refractivity contribution in [2.75, 3.05) is 13.7 Å². The smallest absolute Gasteiger partial charge is 0.282 e. The topological polar surface area (TPSA) is 74.9 Å². The summed E-state index contributed by atoms with van der Waals surface area (Å²) >= 11 is 7.32. The number of halogens is 2. The Morgan fingerprint density at radius 3 is 2.44 bits per heavy atom. The molecule has 0 fully saturated rings. The number of para-hydroxylation sites is 1. The molecule has 1 heterocycles. The molecule has 41 heavy (non-hydrogen) atoms. The number of benzene rings is 3. The molecule has 1 atom stereocenters. The number of rotatable bonds is 10. The molecule has 0 unspecified atom stereocenters. The Labute approximate surface area is 257 Å². The Hall–Kier alpha value is -3.17. The largest absolute Gasteiger partial charge is 0.494 e. The minimum atomic E-state index is -0.264. The first-order valence-corrected chi connectivity index (χ1v) is 15.3. The summed E-state index contributed by atoms with van der Waals surface area (Å²) in [6.07, 6.45) is 2.48. The molecule has 1 aromatic heterocycles. The Bertz CT molecular complexity index is 1660. The van der Waals surface area contributed by atoms with Gasteiger partial charge in [-0.3, -0.25) is 4.79 Å². The third-order valence-corrected chi connectivity index (χ3v) is 9.00. The Morgan fingerprint density at radius 2 is 1.78 bits per heavy atom. The molecule has 0 saturated carbocycles. The van der Waals surface area contributed by atoms with Crippen LogP contribution in [0.25, 0.3) is 22.3 Å². The maximum Gasteiger partial charge on any atom is 0.282 e. The van der Waals surface area contributed by atoms with E-state index in [1.807, 2.05) is 51.1 Å². The molecule has 4 rings (SSSR count). The molecule has 4 aromatic rings. The third-order valence-electron chi connectivity index (χ3n) is 6.86. The predicted molar refractivity (Wildman–Crippen MR) is 173 cm³/mol. The fraction of sp³-hybridized carbons (Fsp3) is 0.344. The zero-order valence-electron chi connectivity index (χ0n) is 24.4. The van der Waals surface area contributed by atoms with E-state index in [0.717, 1.165) is 33.3 Å². The van der Waals surface area contributed by atoms with Crippen LogP contribution in [0.15, 0.2) is 61.3 Å². The fourth-order valence-electron chi connectivity index (χ4n) is 4.44. The molecule has 0 radical (unpaired) electrons. The number of methoxy groups -OCH3 is 1. The lowest BCUT2D eigenvalue weighted by Crippen LogP contribution is -2.21. The maximum atomic E-state index is 13.8. The van der Waals surface area contributed by atoms with Crippen molar-refractivity contribution in [2.45, 2.75) is 60.0 Å². The van der Waals surface area contributed by atoms with Gasteiger partial charge in [-0.1, -0.05) is 32.9 Å². The molecular formula is C32H35Br2N3O4. The van der Waals surface area contributed by atoms with E-state index in [0.29, 0.717) is 44.9 Å². The molecule has 0 amide bonds. The summed E-state index contributed by atoms with van der Waals surface area (Å²) in [5, 5.41) is 5.18. The van der Waals surface area contributed by atoms with Gasteiger partial charge in [-0.15, -0.1) is 0 Å². The molecule has 9 heteroatoms.